The average molecular weight is 217 g/mol. The first-order valence-electron chi connectivity index (χ1n) is 5.31. The van der Waals surface area contributed by atoms with Gasteiger partial charge in [-0.1, -0.05) is 12.5 Å². The van der Waals surface area contributed by atoms with Crippen LogP contribution in [0.4, 0.5) is 0 Å². The molecule has 1 N–H and O–H groups in total. The molecule has 0 aromatic heterocycles. The molecule has 0 amide bonds. The van der Waals surface area contributed by atoms with E-state index in [9.17, 15) is 4.21 Å². The molecule has 2 nitrogen and oxygen atoms in total. The van der Waals surface area contributed by atoms with E-state index in [2.05, 4.69) is 18.8 Å². The molecular weight excluding hydrogens is 194 g/mol. The van der Waals surface area contributed by atoms with Gasteiger partial charge in [0.2, 0.25) is 0 Å². The second-order valence-corrected chi connectivity index (χ2v) is 5.21. The van der Waals surface area contributed by atoms with Gasteiger partial charge in [0.25, 0.3) is 0 Å². The lowest BCUT2D eigenvalue weighted by atomic mass is 10.2. The molecule has 0 spiro atoms. The topological polar surface area (TPSA) is 29.1 Å². The van der Waals surface area contributed by atoms with E-state index in [1.807, 2.05) is 6.08 Å². The van der Waals surface area contributed by atoms with E-state index < -0.39 is 10.8 Å². The van der Waals surface area contributed by atoms with Crippen molar-refractivity contribution in [3.63, 3.8) is 0 Å². The minimum absolute atomic E-state index is 0.375. The van der Waals surface area contributed by atoms with Crippen molar-refractivity contribution in [2.24, 2.45) is 0 Å². The molecule has 2 unspecified atom stereocenters. The number of allylic oxidation sites excluding steroid dienone is 1. The van der Waals surface area contributed by atoms with Crippen molar-refractivity contribution in [2.75, 3.05) is 18.6 Å². The minimum Gasteiger partial charge on any atom is -0.313 e. The van der Waals surface area contributed by atoms with Gasteiger partial charge in [-0.25, -0.2) is 0 Å². The fourth-order valence-electron chi connectivity index (χ4n) is 1.35. The Balaban J connectivity index is 3.18. The quantitative estimate of drug-likeness (QED) is 0.473. The number of nitrogens with one attached hydrogen (secondary N) is 1. The van der Waals surface area contributed by atoms with Gasteiger partial charge in [0, 0.05) is 28.9 Å². The summed E-state index contributed by atoms with van der Waals surface area (Å²) in [4.78, 5) is 0. The van der Waals surface area contributed by atoms with Crippen LogP contribution in [0.25, 0.3) is 0 Å². The van der Waals surface area contributed by atoms with Crippen LogP contribution >= 0.6 is 0 Å². The Hall–Kier alpha value is -0.150. The summed E-state index contributed by atoms with van der Waals surface area (Å²) in [6, 6.07) is 0.375. The van der Waals surface area contributed by atoms with Gasteiger partial charge in [0.15, 0.2) is 0 Å². The van der Waals surface area contributed by atoms with Crippen molar-refractivity contribution in [1.29, 1.82) is 0 Å². The van der Waals surface area contributed by atoms with Gasteiger partial charge in [0.1, 0.15) is 0 Å². The Kier molecular flexibility index (Phi) is 9.31. The summed E-state index contributed by atoms with van der Waals surface area (Å²) in [5.74, 6) is 0.757. The van der Waals surface area contributed by atoms with Gasteiger partial charge in [0.05, 0.1) is 0 Å². The first-order chi connectivity index (χ1) is 6.66. The molecule has 0 aliphatic heterocycles. The van der Waals surface area contributed by atoms with Crippen molar-refractivity contribution < 1.29 is 4.21 Å². The fourth-order valence-corrected chi connectivity index (χ4v) is 2.17. The molecule has 0 radical (unpaired) electrons. The Morgan fingerprint density at radius 3 is 2.71 bits per heavy atom. The van der Waals surface area contributed by atoms with Crippen LogP contribution in [0.15, 0.2) is 12.7 Å². The van der Waals surface area contributed by atoms with Crippen LogP contribution in [0, 0.1) is 0 Å². The zero-order chi connectivity index (χ0) is 10.8. The predicted octanol–water partition coefficient (Wildman–Crippen LogP) is 2.09. The Morgan fingerprint density at radius 1 is 1.43 bits per heavy atom. The van der Waals surface area contributed by atoms with E-state index in [-0.39, 0.29) is 0 Å². The molecule has 0 aliphatic carbocycles. The average Bonchev–Trinajstić information content (AvgIpc) is 2.10. The summed E-state index contributed by atoms with van der Waals surface area (Å²) in [6.07, 6.45) is 8.53. The molecule has 0 heterocycles. The molecule has 0 saturated heterocycles. The van der Waals surface area contributed by atoms with Crippen LogP contribution in [-0.4, -0.2) is 28.8 Å². The van der Waals surface area contributed by atoms with E-state index in [1.165, 1.54) is 19.3 Å². The largest absolute Gasteiger partial charge is 0.313 e. The highest BCUT2D eigenvalue weighted by atomic mass is 32.2. The smallest absolute Gasteiger partial charge is 0.0383 e. The summed E-state index contributed by atoms with van der Waals surface area (Å²) >= 11 is 0. The lowest BCUT2D eigenvalue weighted by Gasteiger charge is -2.11. The second kappa shape index (κ2) is 9.41. The van der Waals surface area contributed by atoms with Crippen LogP contribution in [0.2, 0.25) is 0 Å². The lowest BCUT2D eigenvalue weighted by Crippen LogP contribution is -2.31. The highest BCUT2D eigenvalue weighted by Gasteiger charge is 2.01. The molecule has 0 rings (SSSR count). The maximum Gasteiger partial charge on any atom is 0.0383 e. The number of hydrogen-bond donors (Lipinski definition) is 1. The third-order valence-electron chi connectivity index (χ3n) is 2.06. The van der Waals surface area contributed by atoms with Gasteiger partial charge < -0.3 is 5.32 Å². The highest BCUT2D eigenvalue weighted by molar-refractivity contribution is 7.84. The summed E-state index contributed by atoms with van der Waals surface area (Å²) < 4.78 is 10.9. The highest BCUT2D eigenvalue weighted by Crippen LogP contribution is 1.99. The Bertz CT molecular complexity index is 171. The molecule has 2 atom stereocenters. The van der Waals surface area contributed by atoms with Crippen molar-refractivity contribution in [2.45, 2.75) is 38.6 Å². The fraction of sp³-hybridized carbons (Fsp3) is 0.818. The van der Waals surface area contributed by atoms with E-state index >= 15 is 0 Å². The van der Waals surface area contributed by atoms with Crippen LogP contribution in [0.5, 0.6) is 0 Å². The van der Waals surface area contributed by atoms with Crippen LogP contribution < -0.4 is 5.32 Å². The molecule has 0 aliphatic rings. The second-order valence-electron chi connectivity index (χ2n) is 3.73. The predicted molar refractivity (Wildman–Crippen MR) is 65.1 cm³/mol. The Morgan fingerprint density at radius 2 is 2.14 bits per heavy atom. The summed E-state index contributed by atoms with van der Waals surface area (Å²) in [5.41, 5.74) is 0. The minimum atomic E-state index is -0.682. The molecular formula is C11H23NOS. The van der Waals surface area contributed by atoms with Gasteiger partial charge in [-0.2, -0.15) is 0 Å². The van der Waals surface area contributed by atoms with Crippen LogP contribution in [-0.2, 0) is 10.8 Å². The summed E-state index contributed by atoms with van der Waals surface area (Å²) in [6.45, 7) is 6.82. The molecule has 3 heteroatoms. The van der Waals surface area contributed by atoms with Crippen molar-refractivity contribution in [1.82, 2.24) is 5.32 Å². The van der Waals surface area contributed by atoms with Crippen molar-refractivity contribution in [3.8, 4) is 0 Å². The van der Waals surface area contributed by atoms with E-state index in [1.54, 1.807) is 6.26 Å². The third-order valence-corrected chi connectivity index (χ3v) is 3.03. The number of rotatable bonds is 9. The van der Waals surface area contributed by atoms with Gasteiger partial charge in [-0.05, 0) is 32.7 Å². The van der Waals surface area contributed by atoms with E-state index in [0.717, 1.165) is 18.7 Å². The van der Waals surface area contributed by atoms with E-state index in [4.69, 9.17) is 0 Å². The zero-order valence-electron chi connectivity index (χ0n) is 9.42. The van der Waals surface area contributed by atoms with E-state index in [0.29, 0.717) is 6.04 Å². The SMILES string of the molecule is C=CCCCCCNC(C)CS(C)=O. The molecule has 14 heavy (non-hydrogen) atoms. The normalized spacial score (nSPS) is 15.0. The Labute approximate surface area is 90.6 Å². The first kappa shape index (κ1) is 13.8. The number of unbranched alkanes of at least 4 members (excludes halogenated alkanes) is 3. The molecule has 0 bridgehead atoms. The lowest BCUT2D eigenvalue weighted by molar-refractivity contribution is 0.550. The van der Waals surface area contributed by atoms with Gasteiger partial charge in [-0.3, -0.25) is 4.21 Å². The maximum atomic E-state index is 10.9. The standard InChI is InChI=1S/C11H23NOS/c1-4-5-6-7-8-9-12-11(2)10-14(3)13/h4,11-12H,1,5-10H2,2-3H3. The molecule has 0 saturated carbocycles. The monoisotopic (exact) mass is 217 g/mol. The summed E-state index contributed by atoms with van der Waals surface area (Å²) in [5, 5.41) is 3.37. The zero-order valence-corrected chi connectivity index (χ0v) is 10.2. The van der Waals surface area contributed by atoms with Gasteiger partial charge >= 0.3 is 0 Å². The molecule has 0 fully saturated rings. The van der Waals surface area contributed by atoms with Crippen LogP contribution in [0.3, 0.4) is 0 Å². The summed E-state index contributed by atoms with van der Waals surface area (Å²) in [7, 11) is -0.682. The van der Waals surface area contributed by atoms with Crippen molar-refractivity contribution in [3.05, 3.63) is 12.7 Å². The van der Waals surface area contributed by atoms with Crippen molar-refractivity contribution >= 4 is 10.8 Å². The maximum absolute atomic E-state index is 10.9. The first-order valence-corrected chi connectivity index (χ1v) is 7.04. The molecule has 0 aromatic rings. The number of hydrogen-bond acceptors (Lipinski definition) is 2. The van der Waals surface area contributed by atoms with Gasteiger partial charge in [-0.15, -0.1) is 6.58 Å². The third kappa shape index (κ3) is 9.93. The molecule has 0 aromatic carbocycles. The molecule has 84 valence electrons. The van der Waals surface area contributed by atoms with Crippen LogP contribution in [0.1, 0.15) is 32.6 Å².